The van der Waals surface area contributed by atoms with Gasteiger partial charge in [-0.15, -0.1) is 0 Å². The normalized spacial score (nSPS) is 39.9. The van der Waals surface area contributed by atoms with E-state index in [4.69, 9.17) is 0 Å². The van der Waals surface area contributed by atoms with Crippen LogP contribution in [0.4, 0.5) is 0 Å². The quantitative estimate of drug-likeness (QED) is 0.693. The Hall–Kier alpha value is -0.860. The molecule has 1 unspecified atom stereocenters. The third-order valence-electron chi connectivity index (χ3n) is 4.77. The minimum atomic E-state index is -0.0713. The average Bonchev–Trinajstić information content (AvgIpc) is 2.27. The highest BCUT2D eigenvalue weighted by atomic mass is 16.2. The van der Waals surface area contributed by atoms with E-state index >= 15 is 0 Å². The minimum absolute atomic E-state index is 0.00278. The summed E-state index contributed by atoms with van der Waals surface area (Å²) < 4.78 is 0. The standard InChI is InChI=1S/C13H21NO2/c1-3-10-4-6-13(7-5-10)8-11(15)14-12(16)9(13)2/h9-10H,3-8H2,1-2H3,(H,14,15,16). The number of amides is 2. The van der Waals surface area contributed by atoms with E-state index in [-0.39, 0.29) is 23.1 Å². The fourth-order valence-electron chi connectivity index (χ4n) is 3.31. The summed E-state index contributed by atoms with van der Waals surface area (Å²) >= 11 is 0. The van der Waals surface area contributed by atoms with Gasteiger partial charge in [0.15, 0.2) is 0 Å². The molecule has 16 heavy (non-hydrogen) atoms. The second-order valence-corrected chi connectivity index (χ2v) is 5.52. The molecule has 2 fully saturated rings. The van der Waals surface area contributed by atoms with Gasteiger partial charge in [-0.2, -0.15) is 0 Å². The highest BCUT2D eigenvalue weighted by molar-refractivity contribution is 5.99. The van der Waals surface area contributed by atoms with Crippen molar-refractivity contribution in [2.45, 2.75) is 52.4 Å². The summed E-state index contributed by atoms with van der Waals surface area (Å²) in [6.07, 6.45) is 6.24. The summed E-state index contributed by atoms with van der Waals surface area (Å²) in [4.78, 5) is 23.2. The monoisotopic (exact) mass is 223 g/mol. The van der Waals surface area contributed by atoms with E-state index in [0.717, 1.165) is 18.8 Å². The SMILES string of the molecule is CCC1CCC2(CC1)CC(=O)NC(=O)C2C. The average molecular weight is 223 g/mol. The molecule has 1 atom stereocenters. The van der Waals surface area contributed by atoms with Crippen LogP contribution < -0.4 is 5.32 Å². The Balaban J connectivity index is 2.12. The number of rotatable bonds is 1. The fourth-order valence-corrected chi connectivity index (χ4v) is 3.31. The number of carbonyl (C=O) groups is 2. The van der Waals surface area contributed by atoms with Crippen molar-refractivity contribution in [1.29, 1.82) is 0 Å². The van der Waals surface area contributed by atoms with Crippen molar-refractivity contribution in [1.82, 2.24) is 5.32 Å². The van der Waals surface area contributed by atoms with Crippen LogP contribution >= 0.6 is 0 Å². The topological polar surface area (TPSA) is 46.2 Å². The van der Waals surface area contributed by atoms with Gasteiger partial charge in [0.25, 0.3) is 0 Å². The molecule has 1 aliphatic heterocycles. The molecule has 2 amide bonds. The number of hydrogen-bond acceptors (Lipinski definition) is 2. The van der Waals surface area contributed by atoms with Crippen LogP contribution in [0, 0.1) is 17.3 Å². The first kappa shape index (κ1) is 11.6. The number of nitrogens with one attached hydrogen (secondary N) is 1. The maximum Gasteiger partial charge on any atom is 0.229 e. The molecule has 2 rings (SSSR count). The summed E-state index contributed by atoms with van der Waals surface area (Å²) in [5, 5.41) is 2.45. The molecular formula is C13H21NO2. The maximum absolute atomic E-state index is 11.7. The van der Waals surface area contributed by atoms with Crippen molar-refractivity contribution >= 4 is 11.8 Å². The molecular weight excluding hydrogens is 202 g/mol. The Labute approximate surface area is 97.0 Å². The molecule has 3 nitrogen and oxygen atoms in total. The van der Waals surface area contributed by atoms with Gasteiger partial charge in [0.1, 0.15) is 0 Å². The summed E-state index contributed by atoms with van der Waals surface area (Å²) in [6.45, 7) is 4.21. The van der Waals surface area contributed by atoms with Gasteiger partial charge in [-0.3, -0.25) is 14.9 Å². The Morgan fingerprint density at radius 2 is 1.94 bits per heavy atom. The van der Waals surface area contributed by atoms with Gasteiger partial charge >= 0.3 is 0 Å². The van der Waals surface area contributed by atoms with Crippen LogP contribution in [-0.2, 0) is 9.59 Å². The lowest BCUT2D eigenvalue weighted by atomic mass is 9.60. The smallest absolute Gasteiger partial charge is 0.229 e. The van der Waals surface area contributed by atoms with Gasteiger partial charge in [0.05, 0.1) is 0 Å². The molecule has 0 bridgehead atoms. The lowest BCUT2D eigenvalue weighted by Gasteiger charge is -2.45. The number of piperidine rings is 1. The predicted octanol–water partition coefficient (Wildman–Crippen LogP) is 2.26. The van der Waals surface area contributed by atoms with Crippen LogP contribution in [0.1, 0.15) is 52.4 Å². The van der Waals surface area contributed by atoms with E-state index in [2.05, 4.69) is 12.2 Å². The molecule has 1 spiro atoms. The molecule has 1 N–H and O–H groups in total. The Morgan fingerprint density at radius 1 is 1.31 bits per heavy atom. The molecule has 0 radical (unpaired) electrons. The summed E-state index contributed by atoms with van der Waals surface area (Å²) in [5.74, 6) is 0.671. The van der Waals surface area contributed by atoms with Crippen molar-refractivity contribution in [3.8, 4) is 0 Å². The Bertz CT molecular complexity index is 303. The molecule has 1 heterocycles. The summed E-state index contributed by atoms with van der Waals surface area (Å²) in [6, 6.07) is 0. The van der Waals surface area contributed by atoms with Crippen molar-refractivity contribution in [3.63, 3.8) is 0 Å². The summed E-state index contributed by atoms with van der Waals surface area (Å²) in [7, 11) is 0. The van der Waals surface area contributed by atoms with E-state index in [1.807, 2.05) is 6.92 Å². The van der Waals surface area contributed by atoms with Gasteiger partial charge in [0, 0.05) is 12.3 Å². The lowest BCUT2D eigenvalue weighted by Crippen LogP contribution is -2.52. The molecule has 0 aromatic carbocycles. The van der Waals surface area contributed by atoms with Crippen LogP contribution in [0.3, 0.4) is 0 Å². The lowest BCUT2D eigenvalue weighted by molar-refractivity contribution is -0.145. The number of imide groups is 1. The zero-order valence-electron chi connectivity index (χ0n) is 10.2. The maximum atomic E-state index is 11.7. The van der Waals surface area contributed by atoms with Crippen LogP contribution in [0.25, 0.3) is 0 Å². The molecule has 1 aliphatic carbocycles. The fraction of sp³-hybridized carbons (Fsp3) is 0.846. The van der Waals surface area contributed by atoms with Crippen molar-refractivity contribution < 1.29 is 9.59 Å². The molecule has 1 saturated heterocycles. The van der Waals surface area contributed by atoms with Gasteiger partial charge in [-0.1, -0.05) is 20.3 Å². The first-order valence-corrected chi connectivity index (χ1v) is 6.41. The third-order valence-corrected chi connectivity index (χ3v) is 4.77. The third kappa shape index (κ3) is 1.87. The molecule has 90 valence electrons. The predicted molar refractivity (Wildman–Crippen MR) is 61.6 cm³/mol. The van der Waals surface area contributed by atoms with Crippen LogP contribution in [0.2, 0.25) is 0 Å². The van der Waals surface area contributed by atoms with E-state index < -0.39 is 0 Å². The highest BCUT2D eigenvalue weighted by Gasteiger charge is 2.47. The zero-order chi connectivity index (χ0) is 11.8. The molecule has 1 saturated carbocycles. The molecule has 3 heteroatoms. The van der Waals surface area contributed by atoms with Gasteiger partial charge < -0.3 is 0 Å². The number of carbonyl (C=O) groups excluding carboxylic acids is 2. The first-order chi connectivity index (χ1) is 7.57. The first-order valence-electron chi connectivity index (χ1n) is 6.41. The largest absolute Gasteiger partial charge is 0.296 e. The van der Waals surface area contributed by atoms with Gasteiger partial charge in [-0.25, -0.2) is 0 Å². The Morgan fingerprint density at radius 3 is 2.50 bits per heavy atom. The van der Waals surface area contributed by atoms with Crippen molar-refractivity contribution in [3.05, 3.63) is 0 Å². The van der Waals surface area contributed by atoms with E-state index in [9.17, 15) is 9.59 Å². The van der Waals surface area contributed by atoms with Gasteiger partial charge in [-0.05, 0) is 37.0 Å². The van der Waals surface area contributed by atoms with Crippen LogP contribution in [-0.4, -0.2) is 11.8 Å². The van der Waals surface area contributed by atoms with E-state index in [1.54, 1.807) is 0 Å². The van der Waals surface area contributed by atoms with Gasteiger partial charge in [0.2, 0.25) is 11.8 Å². The van der Waals surface area contributed by atoms with Crippen molar-refractivity contribution in [2.24, 2.45) is 17.3 Å². The van der Waals surface area contributed by atoms with Crippen LogP contribution in [0.15, 0.2) is 0 Å². The second-order valence-electron chi connectivity index (χ2n) is 5.52. The van der Waals surface area contributed by atoms with Crippen molar-refractivity contribution in [2.75, 3.05) is 0 Å². The van der Waals surface area contributed by atoms with Crippen LogP contribution in [0.5, 0.6) is 0 Å². The summed E-state index contributed by atoms with van der Waals surface area (Å²) in [5.41, 5.74) is -0.0227. The van der Waals surface area contributed by atoms with E-state index in [0.29, 0.717) is 6.42 Å². The molecule has 0 aromatic rings. The zero-order valence-corrected chi connectivity index (χ0v) is 10.2. The highest BCUT2D eigenvalue weighted by Crippen LogP contribution is 2.49. The second kappa shape index (κ2) is 4.19. The number of hydrogen-bond donors (Lipinski definition) is 1. The van der Waals surface area contributed by atoms with E-state index in [1.165, 1.54) is 19.3 Å². The molecule has 2 aliphatic rings. The Kier molecular flexibility index (Phi) is 3.04. The minimum Gasteiger partial charge on any atom is -0.296 e. The molecule has 0 aromatic heterocycles.